The number of nitriles is 1. The zero-order valence-corrected chi connectivity index (χ0v) is 22.9. The van der Waals surface area contributed by atoms with Gasteiger partial charge < -0.3 is 20.7 Å². The van der Waals surface area contributed by atoms with Gasteiger partial charge in [-0.1, -0.05) is 32.0 Å². The number of aromatic nitrogens is 2. The normalized spacial score (nSPS) is 13.4. The molecule has 3 aromatic rings. The topological polar surface area (TPSA) is 132 Å². The average molecular weight is 542 g/mol. The molecule has 10 nitrogen and oxygen atoms in total. The number of hydrogen-bond acceptors (Lipinski definition) is 8. The molecule has 40 heavy (non-hydrogen) atoms. The summed E-state index contributed by atoms with van der Waals surface area (Å²) in [5.74, 6) is 0.0665. The van der Waals surface area contributed by atoms with Gasteiger partial charge in [0.25, 0.3) is 0 Å². The monoisotopic (exact) mass is 541 g/mol. The summed E-state index contributed by atoms with van der Waals surface area (Å²) in [5.41, 5.74) is 3.90. The van der Waals surface area contributed by atoms with Gasteiger partial charge >= 0.3 is 0 Å². The van der Waals surface area contributed by atoms with E-state index in [0.717, 1.165) is 56.1 Å². The number of benzene rings is 2. The van der Waals surface area contributed by atoms with E-state index in [-0.39, 0.29) is 17.7 Å². The molecule has 1 aliphatic rings. The quantitative estimate of drug-likeness (QED) is 0.313. The lowest BCUT2D eigenvalue weighted by atomic mass is 10.1. The molecule has 2 aromatic carbocycles. The molecule has 0 bridgehead atoms. The Bertz CT molecular complexity index is 1350. The van der Waals surface area contributed by atoms with Crippen molar-refractivity contribution in [1.82, 2.24) is 20.2 Å². The maximum atomic E-state index is 12.3. The van der Waals surface area contributed by atoms with Gasteiger partial charge in [-0.05, 0) is 48.9 Å². The molecule has 0 aliphatic carbocycles. The summed E-state index contributed by atoms with van der Waals surface area (Å²) in [6.07, 6.45) is 2.88. The first-order valence-electron chi connectivity index (χ1n) is 13.5. The van der Waals surface area contributed by atoms with Gasteiger partial charge in [0.15, 0.2) is 0 Å². The van der Waals surface area contributed by atoms with E-state index in [1.807, 2.05) is 30.3 Å². The van der Waals surface area contributed by atoms with E-state index in [9.17, 15) is 14.9 Å². The van der Waals surface area contributed by atoms with E-state index in [2.05, 4.69) is 36.9 Å². The number of nitrogens with zero attached hydrogens (tertiary/aromatic N) is 4. The van der Waals surface area contributed by atoms with Gasteiger partial charge in [0.2, 0.25) is 17.8 Å². The Kier molecular flexibility index (Phi) is 10.2. The summed E-state index contributed by atoms with van der Waals surface area (Å²) in [4.78, 5) is 35.6. The van der Waals surface area contributed by atoms with Crippen LogP contribution in [0.15, 0.2) is 54.7 Å². The summed E-state index contributed by atoms with van der Waals surface area (Å²) >= 11 is 0. The van der Waals surface area contributed by atoms with Crippen molar-refractivity contribution in [2.75, 3.05) is 50.0 Å². The maximum absolute atomic E-state index is 12.3. The van der Waals surface area contributed by atoms with E-state index in [1.54, 1.807) is 38.2 Å². The van der Waals surface area contributed by atoms with Gasteiger partial charge in [-0.15, -0.1) is 0 Å². The Balaban J connectivity index is 1.30. The first kappa shape index (κ1) is 28.7. The second-order valence-electron chi connectivity index (χ2n) is 9.94. The number of anilines is 3. The molecule has 4 rings (SSSR count). The van der Waals surface area contributed by atoms with Crippen molar-refractivity contribution in [2.24, 2.45) is 5.92 Å². The summed E-state index contributed by atoms with van der Waals surface area (Å²) < 4.78 is 5.36. The highest BCUT2D eigenvalue weighted by Gasteiger charge is 2.13. The molecule has 1 aromatic heterocycles. The van der Waals surface area contributed by atoms with Crippen molar-refractivity contribution >= 4 is 29.1 Å². The van der Waals surface area contributed by atoms with Crippen LogP contribution in [0, 0.1) is 17.2 Å². The predicted molar refractivity (Wildman–Crippen MR) is 154 cm³/mol. The standard InChI is InChI=1S/C30H35N7O3/c1-21(2)29(39)35-26-9-6-23(19-24(26)20-31)27-10-12-33-30(36-27)34-25-7-4-22(5-8-25)18-28(38)32-11-3-13-37-14-16-40-17-15-37/h4-10,12,19,21H,3,11,13-18H2,1-2H3,(H,32,38)(H,35,39)(H,33,34,36). The summed E-state index contributed by atoms with van der Waals surface area (Å²) in [5, 5.41) is 18.6. The van der Waals surface area contributed by atoms with Crippen LogP contribution in [0.4, 0.5) is 17.3 Å². The highest BCUT2D eigenvalue weighted by molar-refractivity contribution is 5.93. The molecule has 2 heterocycles. The number of hydrogen-bond donors (Lipinski definition) is 3. The van der Waals surface area contributed by atoms with Gasteiger partial charge in [-0.3, -0.25) is 14.5 Å². The lowest BCUT2D eigenvalue weighted by molar-refractivity contribution is -0.120. The van der Waals surface area contributed by atoms with Crippen LogP contribution in [0.5, 0.6) is 0 Å². The van der Waals surface area contributed by atoms with E-state index in [0.29, 0.717) is 35.9 Å². The Labute approximate surface area is 234 Å². The lowest BCUT2D eigenvalue weighted by Crippen LogP contribution is -2.38. The molecule has 1 saturated heterocycles. The second kappa shape index (κ2) is 14.2. The van der Waals surface area contributed by atoms with Crippen molar-refractivity contribution in [1.29, 1.82) is 5.26 Å². The number of carbonyl (C=O) groups excluding carboxylic acids is 2. The summed E-state index contributed by atoms with van der Waals surface area (Å²) in [7, 11) is 0. The summed E-state index contributed by atoms with van der Waals surface area (Å²) in [6.45, 7) is 8.70. The van der Waals surface area contributed by atoms with Gasteiger partial charge in [-0.25, -0.2) is 9.97 Å². The lowest BCUT2D eigenvalue weighted by Gasteiger charge is -2.26. The molecule has 0 unspecified atom stereocenters. The Morgan fingerprint density at radius 2 is 1.88 bits per heavy atom. The van der Waals surface area contributed by atoms with Crippen molar-refractivity contribution in [3.8, 4) is 17.3 Å². The fraction of sp³-hybridized carbons (Fsp3) is 0.367. The smallest absolute Gasteiger partial charge is 0.227 e. The zero-order chi connectivity index (χ0) is 28.3. The minimum absolute atomic E-state index is 0.00486. The zero-order valence-electron chi connectivity index (χ0n) is 22.9. The average Bonchev–Trinajstić information content (AvgIpc) is 2.97. The Morgan fingerprint density at radius 1 is 1.10 bits per heavy atom. The van der Waals surface area contributed by atoms with Crippen LogP contribution in [0.25, 0.3) is 11.3 Å². The number of nitrogens with one attached hydrogen (secondary N) is 3. The van der Waals surface area contributed by atoms with E-state index in [4.69, 9.17) is 4.74 Å². The van der Waals surface area contributed by atoms with Crippen LogP contribution in [-0.4, -0.2) is 66.1 Å². The largest absolute Gasteiger partial charge is 0.379 e. The Morgan fingerprint density at radius 3 is 2.60 bits per heavy atom. The fourth-order valence-corrected chi connectivity index (χ4v) is 4.20. The molecule has 0 spiro atoms. The number of ether oxygens (including phenoxy) is 1. The fourth-order valence-electron chi connectivity index (χ4n) is 4.20. The maximum Gasteiger partial charge on any atom is 0.227 e. The molecule has 0 saturated carbocycles. The third-order valence-corrected chi connectivity index (χ3v) is 6.53. The number of rotatable bonds is 11. The Hall–Kier alpha value is -4.33. The van der Waals surface area contributed by atoms with Crippen LogP contribution in [0.2, 0.25) is 0 Å². The van der Waals surface area contributed by atoms with Crippen LogP contribution >= 0.6 is 0 Å². The van der Waals surface area contributed by atoms with Gasteiger partial charge in [0, 0.05) is 43.0 Å². The molecule has 208 valence electrons. The third-order valence-electron chi connectivity index (χ3n) is 6.53. The molecule has 1 fully saturated rings. The van der Waals surface area contributed by atoms with Crippen molar-refractivity contribution in [3.63, 3.8) is 0 Å². The summed E-state index contributed by atoms with van der Waals surface area (Å²) in [6, 6.07) is 16.7. The molecular formula is C30H35N7O3. The predicted octanol–water partition coefficient (Wildman–Crippen LogP) is 3.73. The SMILES string of the molecule is CC(C)C(=O)Nc1ccc(-c2ccnc(Nc3ccc(CC(=O)NCCCN4CCOCC4)cc3)n2)cc1C#N. The second-order valence-corrected chi connectivity index (χ2v) is 9.94. The van der Waals surface area contributed by atoms with Crippen molar-refractivity contribution in [3.05, 3.63) is 65.9 Å². The molecule has 0 atom stereocenters. The van der Waals surface area contributed by atoms with Crippen LogP contribution in [-0.2, 0) is 20.7 Å². The van der Waals surface area contributed by atoms with Crippen LogP contribution in [0.1, 0.15) is 31.4 Å². The van der Waals surface area contributed by atoms with Gasteiger partial charge in [0.05, 0.1) is 36.6 Å². The highest BCUT2D eigenvalue weighted by Crippen LogP contribution is 2.25. The molecule has 0 radical (unpaired) electrons. The number of amides is 2. The van der Waals surface area contributed by atoms with E-state index < -0.39 is 0 Å². The minimum Gasteiger partial charge on any atom is -0.379 e. The molecule has 1 aliphatic heterocycles. The van der Waals surface area contributed by atoms with Gasteiger partial charge in [0.1, 0.15) is 6.07 Å². The van der Waals surface area contributed by atoms with Crippen LogP contribution < -0.4 is 16.0 Å². The molecule has 10 heteroatoms. The minimum atomic E-state index is -0.191. The van der Waals surface area contributed by atoms with E-state index >= 15 is 0 Å². The van der Waals surface area contributed by atoms with E-state index in [1.165, 1.54) is 0 Å². The van der Waals surface area contributed by atoms with Gasteiger partial charge in [-0.2, -0.15) is 5.26 Å². The molecule has 3 N–H and O–H groups in total. The first-order chi connectivity index (χ1) is 19.4. The van der Waals surface area contributed by atoms with Crippen molar-refractivity contribution in [2.45, 2.75) is 26.7 Å². The van der Waals surface area contributed by atoms with Crippen LogP contribution in [0.3, 0.4) is 0 Å². The molecular weight excluding hydrogens is 506 g/mol. The van der Waals surface area contributed by atoms with Crippen molar-refractivity contribution < 1.29 is 14.3 Å². The highest BCUT2D eigenvalue weighted by atomic mass is 16.5. The number of morpholine rings is 1. The third kappa shape index (κ3) is 8.33. The number of carbonyl (C=O) groups is 2. The first-order valence-corrected chi connectivity index (χ1v) is 13.5. The molecule has 2 amide bonds.